The van der Waals surface area contributed by atoms with Gasteiger partial charge >= 0.3 is 0 Å². The molecule has 0 aliphatic heterocycles. The van der Waals surface area contributed by atoms with E-state index in [1.807, 2.05) is 19.1 Å². The van der Waals surface area contributed by atoms with Gasteiger partial charge in [-0.05, 0) is 37.7 Å². The highest BCUT2D eigenvalue weighted by molar-refractivity contribution is 8.00. The molecule has 0 aliphatic rings. The first-order valence-corrected chi connectivity index (χ1v) is 9.60. The molecule has 0 saturated heterocycles. The van der Waals surface area contributed by atoms with Crippen molar-refractivity contribution in [1.29, 1.82) is 0 Å². The Bertz CT molecular complexity index is 457. The topological polar surface area (TPSA) is 37.3 Å². The van der Waals surface area contributed by atoms with Crippen LogP contribution in [0.5, 0.6) is 5.75 Å². The summed E-state index contributed by atoms with van der Waals surface area (Å²) in [7, 11) is 0. The highest BCUT2D eigenvalue weighted by Gasteiger charge is 2.22. The van der Waals surface area contributed by atoms with Gasteiger partial charge in [0, 0.05) is 0 Å². The van der Waals surface area contributed by atoms with Gasteiger partial charge < -0.3 is 5.11 Å². The predicted octanol–water partition coefficient (Wildman–Crippen LogP) is 5.76. The molecule has 0 bridgehead atoms. The maximum Gasteiger partial charge on any atom is 0.179 e. The highest BCUT2D eigenvalue weighted by atomic mass is 32.2. The van der Waals surface area contributed by atoms with Crippen molar-refractivity contribution >= 4 is 17.5 Å². The summed E-state index contributed by atoms with van der Waals surface area (Å²) in [5.41, 5.74) is 1.51. The molecule has 1 rings (SSSR count). The molecular formula is C19H30O2S. The zero-order chi connectivity index (χ0) is 16.4. The number of phenols is 1. The summed E-state index contributed by atoms with van der Waals surface area (Å²) in [6, 6.07) is 5.29. The number of carbonyl (C=O) groups excluding carboxylic acids is 1. The Morgan fingerprint density at radius 3 is 2.55 bits per heavy atom. The van der Waals surface area contributed by atoms with Gasteiger partial charge in [0.25, 0.3) is 0 Å². The minimum atomic E-state index is -0.0175. The van der Waals surface area contributed by atoms with Crippen LogP contribution in [0.25, 0.3) is 0 Å². The summed E-state index contributed by atoms with van der Waals surface area (Å²) in [4.78, 5) is 12.8. The largest absolute Gasteiger partial charge is 0.507 e. The standard InChI is InChI=1S/C19H30O2S/c1-4-6-8-9-10-18(22-13-7-5-2)19(21)16-14-15(3)11-12-17(16)20/h11-12,14,18,20H,4-10,13H2,1-3H3/t18-/m0/s1. The molecule has 124 valence electrons. The molecule has 1 atom stereocenters. The molecule has 0 aliphatic carbocycles. The zero-order valence-corrected chi connectivity index (χ0v) is 15.0. The van der Waals surface area contributed by atoms with Gasteiger partial charge in [-0.25, -0.2) is 0 Å². The van der Waals surface area contributed by atoms with Crippen molar-refractivity contribution in [2.24, 2.45) is 0 Å². The summed E-state index contributed by atoms with van der Waals surface area (Å²) in [5, 5.41) is 9.99. The van der Waals surface area contributed by atoms with Crippen molar-refractivity contribution in [3.8, 4) is 5.75 Å². The second-order valence-corrected chi connectivity index (χ2v) is 7.26. The fourth-order valence-corrected chi connectivity index (χ4v) is 3.79. The molecule has 3 heteroatoms. The van der Waals surface area contributed by atoms with Crippen LogP contribution in [0.3, 0.4) is 0 Å². The SMILES string of the molecule is CCCCCC[C@H](SCCCC)C(=O)c1cc(C)ccc1O. The van der Waals surface area contributed by atoms with Crippen molar-refractivity contribution in [2.75, 3.05) is 5.75 Å². The van der Waals surface area contributed by atoms with Gasteiger partial charge in [-0.1, -0.05) is 57.6 Å². The first kappa shape index (κ1) is 19.1. The lowest BCUT2D eigenvalue weighted by molar-refractivity contribution is 0.0983. The van der Waals surface area contributed by atoms with Crippen LogP contribution in [-0.2, 0) is 0 Å². The second-order valence-electron chi connectivity index (χ2n) is 5.95. The number of benzene rings is 1. The van der Waals surface area contributed by atoms with Crippen molar-refractivity contribution in [1.82, 2.24) is 0 Å². The first-order valence-electron chi connectivity index (χ1n) is 8.55. The van der Waals surface area contributed by atoms with Crippen molar-refractivity contribution in [3.63, 3.8) is 0 Å². The number of aromatic hydroxyl groups is 1. The van der Waals surface area contributed by atoms with Gasteiger partial charge in [-0.15, -0.1) is 0 Å². The Kier molecular flexibility index (Phi) is 9.30. The van der Waals surface area contributed by atoms with Crippen LogP contribution in [0.4, 0.5) is 0 Å². The van der Waals surface area contributed by atoms with E-state index in [1.165, 1.54) is 19.3 Å². The lowest BCUT2D eigenvalue weighted by Crippen LogP contribution is -2.18. The van der Waals surface area contributed by atoms with Gasteiger partial charge in [0.2, 0.25) is 0 Å². The minimum absolute atomic E-state index is 0.0175. The minimum Gasteiger partial charge on any atom is -0.507 e. The van der Waals surface area contributed by atoms with Gasteiger partial charge in [0.1, 0.15) is 5.75 Å². The van der Waals surface area contributed by atoms with Crippen LogP contribution in [0.1, 0.15) is 74.7 Å². The lowest BCUT2D eigenvalue weighted by atomic mass is 10.0. The first-order chi connectivity index (χ1) is 10.6. The number of aryl methyl sites for hydroxylation is 1. The summed E-state index contributed by atoms with van der Waals surface area (Å²) in [6.07, 6.45) is 7.93. The molecule has 0 saturated carbocycles. The summed E-state index contributed by atoms with van der Waals surface area (Å²) in [6.45, 7) is 6.32. The molecule has 2 nitrogen and oxygen atoms in total. The summed E-state index contributed by atoms with van der Waals surface area (Å²) >= 11 is 1.76. The quantitative estimate of drug-likeness (QED) is 0.416. The number of unbranched alkanes of at least 4 members (excludes halogenated alkanes) is 4. The van der Waals surface area contributed by atoms with Crippen LogP contribution >= 0.6 is 11.8 Å². The molecule has 0 radical (unpaired) electrons. The van der Waals surface area contributed by atoms with E-state index in [1.54, 1.807) is 17.8 Å². The molecule has 0 heterocycles. The highest BCUT2D eigenvalue weighted by Crippen LogP contribution is 2.28. The van der Waals surface area contributed by atoms with E-state index in [0.29, 0.717) is 5.56 Å². The van der Waals surface area contributed by atoms with E-state index in [0.717, 1.165) is 37.0 Å². The third kappa shape index (κ3) is 6.43. The number of phenolic OH excluding ortho intramolecular Hbond substituents is 1. The Morgan fingerprint density at radius 2 is 1.86 bits per heavy atom. The van der Waals surface area contributed by atoms with Gasteiger partial charge in [0.05, 0.1) is 10.8 Å². The van der Waals surface area contributed by atoms with Crippen LogP contribution in [0, 0.1) is 6.92 Å². The molecule has 1 N–H and O–H groups in total. The van der Waals surface area contributed by atoms with Gasteiger partial charge in [0.15, 0.2) is 5.78 Å². The number of hydrogen-bond donors (Lipinski definition) is 1. The van der Waals surface area contributed by atoms with Crippen molar-refractivity contribution in [2.45, 2.75) is 71.0 Å². The van der Waals surface area contributed by atoms with E-state index in [9.17, 15) is 9.90 Å². The normalized spacial score (nSPS) is 12.3. The molecule has 22 heavy (non-hydrogen) atoms. The second kappa shape index (κ2) is 10.7. The zero-order valence-electron chi connectivity index (χ0n) is 14.2. The predicted molar refractivity (Wildman–Crippen MR) is 97.1 cm³/mol. The molecule has 0 fully saturated rings. The van der Waals surface area contributed by atoms with E-state index < -0.39 is 0 Å². The van der Waals surface area contributed by atoms with E-state index in [2.05, 4.69) is 13.8 Å². The van der Waals surface area contributed by atoms with Crippen molar-refractivity contribution in [3.05, 3.63) is 29.3 Å². The molecule has 1 aromatic carbocycles. The Balaban J connectivity index is 2.74. The molecular weight excluding hydrogens is 292 g/mol. The monoisotopic (exact) mass is 322 g/mol. The average molecular weight is 323 g/mol. The Labute approximate surface area is 139 Å². The van der Waals surface area contributed by atoms with Crippen LogP contribution in [0.15, 0.2) is 18.2 Å². The van der Waals surface area contributed by atoms with Gasteiger partial charge in [-0.3, -0.25) is 4.79 Å². The van der Waals surface area contributed by atoms with E-state index >= 15 is 0 Å². The third-order valence-electron chi connectivity index (χ3n) is 3.85. The molecule has 1 aromatic rings. The van der Waals surface area contributed by atoms with Crippen molar-refractivity contribution < 1.29 is 9.90 Å². The number of hydrogen-bond acceptors (Lipinski definition) is 3. The number of thioether (sulfide) groups is 1. The molecule has 0 aromatic heterocycles. The molecule has 0 amide bonds. The lowest BCUT2D eigenvalue weighted by Gasteiger charge is -2.16. The fraction of sp³-hybridized carbons (Fsp3) is 0.632. The summed E-state index contributed by atoms with van der Waals surface area (Å²) in [5.74, 6) is 1.23. The summed E-state index contributed by atoms with van der Waals surface area (Å²) < 4.78 is 0. The van der Waals surface area contributed by atoms with Crippen LogP contribution in [0.2, 0.25) is 0 Å². The maximum absolute atomic E-state index is 12.8. The Hall–Kier alpha value is -0.960. The van der Waals surface area contributed by atoms with Gasteiger partial charge in [-0.2, -0.15) is 11.8 Å². The number of carbonyl (C=O) groups is 1. The molecule has 0 spiro atoms. The fourth-order valence-electron chi connectivity index (χ4n) is 2.44. The average Bonchev–Trinajstić information content (AvgIpc) is 2.51. The maximum atomic E-state index is 12.8. The smallest absolute Gasteiger partial charge is 0.179 e. The van der Waals surface area contributed by atoms with E-state index in [-0.39, 0.29) is 16.8 Å². The Morgan fingerprint density at radius 1 is 1.14 bits per heavy atom. The number of Topliss-reactive ketones (excluding diaryl/α,β-unsaturated/α-hetero) is 1. The third-order valence-corrected chi connectivity index (χ3v) is 5.22. The van der Waals surface area contributed by atoms with Crippen LogP contribution < -0.4 is 0 Å². The number of rotatable bonds is 11. The molecule has 0 unspecified atom stereocenters. The van der Waals surface area contributed by atoms with Crippen LogP contribution in [-0.4, -0.2) is 21.9 Å². The number of ketones is 1. The van der Waals surface area contributed by atoms with E-state index in [4.69, 9.17) is 0 Å².